The average Bonchev–Trinajstić information content (AvgIpc) is 3.27. The molecule has 0 unspecified atom stereocenters. The molecule has 2 aromatic rings. The van der Waals surface area contributed by atoms with Crippen molar-refractivity contribution in [2.75, 3.05) is 51.2 Å². The van der Waals surface area contributed by atoms with Crippen LogP contribution in [0, 0.1) is 0 Å². The molecule has 3 rings (SSSR count). The van der Waals surface area contributed by atoms with Gasteiger partial charge < -0.3 is 19.3 Å². The largest absolute Gasteiger partial charge is 0.379 e. The van der Waals surface area contributed by atoms with Crippen LogP contribution in [0.3, 0.4) is 0 Å². The Bertz CT molecular complexity index is 609. The predicted octanol–water partition coefficient (Wildman–Crippen LogP) is 3.64. The minimum absolute atomic E-state index is 0.658. The number of piperidine rings is 1. The number of thiazole rings is 2. The monoisotopic (exact) mass is 384 g/mol. The fourth-order valence-electron chi connectivity index (χ4n) is 2.45. The number of hydrogen-bond acceptors (Lipinski definition) is 8. The van der Waals surface area contributed by atoms with E-state index in [2.05, 4.69) is 14.9 Å². The smallest absolute Gasteiger partial charge is 0.185 e. The van der Waals surface area contributed by atoms with Crippen molar-refractivity contribution >= 4 is 32.9 Å². The Hall–Kier alpha value is -1.22. The molecule has 8 heteroatoms. The number of methoxy groups -OCH3 is 2. The Labute approximate surface area is 158 Å². The maximum atomic E-state index is 5.08. The van der Waals surface area contributed by atoms with E-state index in [1.807, 2.05) is 31.4 Å². The van der Waals surface area contributed by atoms with Crippen LogP contribution in [0.15, 0.2) is 12.4 Å². The summed E-state index contributed by atoms with van der Waals surface area (Å²) in [4.78, 5) is 15.4. The average molecular weight is 385 g/mol. The van der Waals surface area contributed by atoms with Gasteiger partial charge >= 0.3 is 0 Å². The van der Waals surface area contributed by atoms with Gasteiger partial charge in [0.05, 0.1) is 23.0 Å². The molecule has 0 spiro atoms. The molecular formula is C17H28N4O2S2. The Kier molecular flexibility index (Phi) is 8.60. The van der Waals surface area contributed by atoms with Gasteiger partial charge in [-0.3, -0.25) is 0 Å². The highest BCUT2D eigenvalue weighted by molar-refractivity contribution is 7.15. The van der Waals surface area contributed by atoms with Crippen LogP contribution in [0.2, 0.25) is 0 Å². The van der Waals surface area contributed by atoms with Gasteiger partial charge in [0.1, 0.15) is 0 Å². The van der Waals surface area contributed by atoms with E-state index in [4.69, 9.17) is 9.47 Å². The molecule has 0 saturated carbocycles. The van der Waals surface area contributed by atoms with Crippen LogP contribution in [-0.2, 0) is 22.7 Å². The van der Waals surface area contributed by atoms with E-state index >= 15 is 0 Å². The summed E-state index contributed by atoms with van der Waals surface area (Å²) in [5.74, 6) is 0. The van der Waals surface area contributed by atoms with Crippen molar-refractivity contribution < 1.29 is 9.47 Å². The highest BCUT2D eigenvalue weighted by Gasteiger charge is 2.13. The van der Waals surface area contributed by atoms with Gasteiger partial charge in [0.25, 0.3) is 0 Å². The summed E-state index contributed by atoms with van der Waals surface area (Å²) in [6.45, 7) is 3.68. The number of rotatable bonds is 6. The molecule has 3 heterocycles. The van der Waals surface area contributed by atoms with Gasteiger partial charge in [-0.15, -0.1) is 0 Å². The maximum Gasteiger partial charge on any atom is 0.185 e. The lowest BCUT2D eigenvalue weighted by Gasteiger charge is -2.25. The molecule has 1 saturated heterocycles. The van der Waals surface area contributed by atoms with Gasteiger partial charge in [-0.2, -0.15) is 0 Å². The molecule has 140 valence electrons. The van der Waals surface area contributed by atoms with Crippen molar-refractivity contribution in [1.29, 1.82) is 0 Å². The van der Waals surface area contributed by atoms with E-state index in [1.54, 1.807) is 36.9 Å². The van der Waals surface area contributed by atoms with Crippen molar-refractivity contribution in [3.63, 3.8) is 0 Å². The Balaban J connectivity index is 0.000000186. The summed E-state index contributed by atoms with van der Waals surface area (Å²) >= 11 is 3.41. The quantitative estimate of drug-likeness (QED) is 0.758. The van der Waals surface area contributed by atoms with Gasteiger partial charge in [-0.05, 0) is 19.3 Å². The van der Waals surface area contributed by atoms with Crippen LogP contribution in [0.25, 0.3) is 0 Å². The summed E-state index contributed by atoms with van der Waals surface area (Å²) in [6, 6.07) is 0. The van der Waals surface area contributed by atoms with Crippen molar-refractivity contribution in [2.45, 2.75) is 32.5 Å². The minimum Gasteiger partial charge on any atom is -0.379 e. The Morgan fingerprint density at radius 3 is 2.12 bits per heavy atom. The van der Waals surface area contributed by atoms with Gasteiger partial charge in [0.2, 0.25) is 0 Å². The Morgan fingerprint density at radius 1 is 0.960 bits per heavy atom. The normalized spacial score (nSPS) is 14.2. The molecule has 1 aliphatic heterocycles. The fourth-order valence-corrected chi connectivity index (χ4v) is 4.19. The van der Waals surface area contributed by atoms with Crippen LogP contribution in [-0.4, -0.2) is 51.4 Å². The van der Waals surface area contributed by atoms with Crippen LogP contribution < -0.4 is 9.80 Å². The summed E-state index contributed by atoms with van der Waals surface area (Å²) in [5.41, 5.74) is 0. The van der Waals surface area contributed by atoms with Crippen molar-refractivity contribution in [2.24, 2.45) is 0 Å². The minimum atomic E-state index is 0.658. The molecule has 25 heavy (non-hydrogen) atoms. The van der Waals surface area contributed by atoms with E-state index in [9.17, 15) is 0 Å². The van der Waals surface area contributed by atoms with Crippen LogP contribution in [0.1, 0.15) is 29.0 Å². The predicted molar refractivity (Wildman–Crippen MR) is 106 cm³/mol. The molecule has 1 aliphatic rings. The van der Waals surface area contributed by atoms with Crippen molar-refractivity contribution in [3.8, 4) is 0 Å². The molecule has 1 fully saturated rings. The third-order valence-corrected chi connectivity index (χ3v) is 5.84. The molecule has 0 aromatic carbocycles. The van der Waals surface area contributed by atoms with E-state index in [-0.39, 0.29) is 0 Å². The highest BCUT2D eigenvalue weighted by Crippen LogP contribution is 2.25. The zero-order valence-corrected chi connectivity index (χ0v) is 17.2. The first kappa shape index (κ1) is 20.1. The van der Waals surface area contributed by atoms with Gasteiger partial charge in [-0.25, -0.2) is 9.97 Å². The molecule has 0 N–H and O–H groups in total. The standard InChI is InChI=1S/C10H16N2OS.C7H12N2OS/c1-13-8-9-7-11-10(14-9)12-5-3-2-4-6-12;1-9(2)7-8-4-6(11-7)5-10-3/h7H,2-6,8H2,1H3;4H,5H2,1-3H3. The second kappa shape index (κ2) is 10.7. The third-order valence-electron chi connectivity index (χ3n) is 3.67. The first-order valence-corrected chi connectivity index (χ1v) is 10.1. The first-order valence-electron chi connectivity index (χ1n) is 8.43. The summed E-state index contributed by atoms with van der Waals surface area (Å²) in [5, 5.41) is 2.19. The second-order valence-corrected chi connectivity index (χ2v) is 8.21. The summed E-state index contributed by atoms with van der Waals surface area (Å²) < 4.78 is 10.1. The maximum absolute atomic E-state index is 5.08. The fraction of sp³-hybridized carbons (Fsp3) is 0.647. The highest BCUT2D eigenvalue weighted by atomic mass is 32.1. The molecular weight excluding hydrogens is 356 g/mol. The summed E-state index contributed by atoms with van der Waals surface area (Å²) in [6.07, 6.45) is 7.76. The first-order chi connectivity index (χ1) is 12.1. The molecule has 0 bridgehead atoms. The molecule has 2 aromatic heterocycles. The van der Waals surface area contributed by atoms with Gasteiger partial charge in [0.15, 0.2) is 10.3 Å². The summed E-state index contributed by atoms with van der Waals surface area (Å²) in [7, 11) is 7.38. The zero-order valence-electron chi connectivity index (χ0n) is 15.5. The van der Waals surface area contributed by atoms with Gasteiger partial charge in [-0.1, -0.05) is 22.7 Å². The van der Waals surface area contributed by atoms with E-state index in [0.29, 0.717) is 13.2 Å². The van der Waals surface area contributed by atoms with Crippen LogP contribution in [0.4, 0.5) is 10.3 Å². The zero-order chi connectivity index (χ0) is 18.1. The van der Waals surface area contributed by atoms with E-state index in [1.165, 1.54) is 37.2 Å². The Morgan fingerprint density at radius 2 is 1.56 bits per heavy atom. The van der Waals surface area contributed by atoms with Crippen LogP contribution in [0.5, 0.6) is 0 Å². The van der Waals surface area contributed by atoms with Crippen molar-refractivity contribution in [3.05, 3.63) is 22.1 Å². The number of nitrogens with zero attached hydrogens (tertiary/aromatic N) is 4. The topological polar surface area (TPSA) is 50.7 Å². The number of aromatic nitrogens is 2. The number of ether oxygens (including phenoxy) is 2. The lowest BCUT2D eigenvalue weighted by atomic mass is 10.1. The lowest BCUT2D eigenvalue weighted by Crippen LogP contribution is -2.29. The SMILES string of the molecule is COCc1cnc(N(C)C)s1.COCc1cnc(N2CCCCC2)s1. The van der Waals surface area contributed by atoms with Crippen molar-refractivity contribution in [1.82, 2.24) is 9.97 Å². The third kappa shape index (κ3) is 6.54. The van der Waals surface area contributed by atoms with E-state index < -0.39 is 0 Å². The number of anilines is 2. The molecule has 0 atom stereocenters. The molecule has 6 nitrogen and oxygen atoms in total. The second-order valence-electron chi connectivity index (χ2n) is 6.03. The van der Waals surface area contributed by atoms with E-state index in [0.717, 1.165) is 15.1 Å². The van der Waals surface area contributed by atoms with Crippen LogP contribution >= 0.6 is 22.7 Å². The lowest BCUT2D eigenvalue weighted by molar-refractivity contribution is 0.187. The molecule has 0 radical (unpaired) electrons. The molecule has 0 amide bonds. The molecule has 0 aliphatic carbocycles. The number of hydrogen-bond donors (Lipinski definition) is 0. The van der Waals surface area contributed by atoms with Gasteiger partial charge in [0, 0.05) is 53.8 Å².